The van der Waals surface area contributed by atoms with Gasteiger partial charge < -0.3 is 0 Å². The van der Waals surface area contributed by atoms with Gasteiger partial charge in [-0.3, -0.25) is 0 Å². The number of rotatable bonds is 1. The average molecular weight is 277 g/mol. The van der Waals surface area contributed by atoms with Gasteiger partial charge in [0, 0.05) is 24.8 Å². The number of hydrogen-bond acceptors (Lipinski definition) is 2. The van der Waals surface area contributed by atoms with E-state index < -0.39 is 0 Å². The molecule has 2 aromatic rings. The van der Waals surface area contributed by atoms with E-state index in [1.807, 2.05) is 18.4 Å². The Morgan fingerprint density at radius 3 is 2.92 bits per heavy atom. The van der Waals surface area contributed by atoms with E-state index in [1.54, 1.807) is 17.1 Å². The second kappa shape index (κ2) is 3.59. The summed E-state index contributed by atoms with van der Waals surface area (Å²) in [5, 5.41) is 2.25. The van der Waals surface area contributed by atoms with Crippen molar-refractivity contribution in [2.75, 3.05) is 6.26 Å². The van der Waals surface area contributed by atoms with E-state index in [0.717, 1.165) is 14.1 Å². The van der Waals surface area contributed by atoms with Crippen LogP contribution in [0.15, 0.2) is 26.9 Å². The molecule has 0 aliphatic rings. The quantitative estimate of drug-likeness (QED) is 0.690. The third-order valence-corrected chi connectivity index (χ3v) is 4.41. The van der Waals surface area contributed by atoms with E-state index in [1.165, 1.54) is 11.3 Å². The van der Waals surface area contributed by atoms with E-state index in [2.05, 4.69) is 15.9 Å². The summed E-state index contributed by atoms with van der Waals surface area (Å²) in [4.78, 5) is 1.15. The van der Waals surface area contributed by atoms with E-state index in [9.17, 15) is 4.39 Å². The Labute approximate surface area is 92.3 Å². The van der Waals surface area contributed by atoms with Gasteiger partial charge in [0.05, 0.1) is 0 Å². The average Bonchev–Trinajstić information content (AvgIpc) is 2.47. The van der Waals surface area contributed by atoms with Gasteiger partial charge in [-0.05, 0) is 34.3 Å². The lowest BCUT2D eigenvalue weighted by atomic mass is 10.2. The van der Waals surface area contributed by atoms with Crippen LogP contribution in [0.1, 0.15) is 0 Å². The molecule has 0 nitrogen and oxygen atoms in total. The molecule has 0 saturated carbocycles. The molecule has 0 radical (unpaired) electrons. The lowest BCUT2D eigenvalue weighted by Crippen LogP contribution is -1.74. The SMILES string of the molecule is CSc1cc2scc(F)c2cc1Br. The summed E-state index contributed by atoms with van der Waals surface area (Å²) in [6.07, 6.45) is 2.01. The lowest BCUT2D eigenvalue weighted by molar-refractivity contribution is 0.644. The zero-order valence-electron chi connectivity index (χ0n) is 6.80. The first-order valence-electron chi connectivity index (χ1n) is 3.62. The minimum absolute atomic E-state index is 0.131. The molecule has 2 rings (SSSR count). The largest absolute Gasteiger partial charge is 0.205 e. The topological polar surface area (TPSA) is 0 Å². The molecule has 1 heterocycles. The fourth-order valence-corrected chi connectivity index (χ4v) is 3.37. The Morgan fingerprint density at radius 2 is 2.23 bits per heavy atom. The van der Waals surface area contributed by atoms with Crippen LogP contribution in [-0.2, 0) is 0 Å². The van der Waals surface area contributed by atoms with Gasteiger partial charge in [-0.25, -0.2) is 4.39 Å². The Kier molecular flexibility index (Phi) is 2.62. The Hall–Kier alpha value is -0.0600. The summed E-state index contributed by atoms with van der Waals surface area (Å²) in [6, 6.07) is 3.85. The first kappa shape index (κ1) is 9.49. The molecule has 0 unspecified atom stereocenters. The Bertz CT molecular complexity index is 450. The monoisotopic (exact) mass is 276 g/mol. The minimum atomic E-state index is -0.131. The third-order valence-electron chi connectivity index (χ3n) is 1.80. The fraction of sp³-hybridized carbons (Fsp3) is 0.111. The second-order valence-electron chi connectivity index (χ2n) is 2.57. The summed E-state index contributed by atoms with van der Waals surface area (Å²) in [5.74, 6) is -0.131. The van der Waals surface area contributed by atoms with Crippen LogP contribution in [0.2, 0.25) is 0 Å². The van der Waals surface area contributed by atoms with Crippen LogP contribution in [0, 0.1) is 5.82 Å². The van der Waals surface area contributed by atoms with Crippen molar-refractivity contribution in [1.82, 2.24) is 0 Å². The first-order chi connectivity index (χ1) is 6.22. The van der Waals surface area contributed by atoms with Crippen LogP contribution in [0.3, 0.4) is 0 Å². The van der Waals surface area contributed by atoms with Gasteiger partial charge in [0.25, 0.3) is 0 Å². The lowest BCUT2D eigenvalue weighted by Gasteiger charge is -2.00. The molecule has 4 heteroatoms. The number of benzene rings is 1. The fourth-order valence-electron chi connectivity index (χ4n) is 1.15. The third kappa shape index (κ3) is 1.63. The predicted molar refractivity (Wildman–Crippen MR) is 61.3 cm³/mol. The standard InChI is InChI=1S/C9H6BrFS2/c1-12-9-3-8-5(2-6(9)10)7(11)4-13-8/h2-4H,1H3. The number of thiophene rings is 1. The molecular weight excluding hydrogens is 271 g/mol. The minimum Gasteiger partial charge on any atom is -0.205 e. The first-order valence-corrected chi connectivity index (χ1v) is 6.52. The highest BCUT2D eigenvalue weighted by molar-refractivity contribution is 9.10. The molecule has 68 valence electrons. The van der Waals surface area contributed by atoms with Crippen LogP contribution in [0.4, 0.5) is 4.39 Å². The Morgan fingerprint density at radius 1 is 1.46 bits per heavy atom. The molecule has 1 aromatic carbocycles. The van der Waals surface area contributed by atoms with E-state index in [4.69, 9.17) is 0 Å². The second-order valence-corrected chi connectivity index (χ2v) is 5.18. The zero-order valence-corrected chi connectivity index (χ0v) is 10.0. The van der Waals surface area contributed by atoms with Gasteiger partial charge in [-0.2, -0.15) is 0 Å². The Balaban J connectivity index is 2.76. The van der Waals surface area contributed by atoms with Crippen molar-refractivity contribution < 1.29 is 4.39 Å². The van der Waals surface area contributed by atoms with Gasteiger partial charge in [0.15, 0.2) is 0 Å². The maximum Gasteiger partial charge on any atom is 0.141 e. The number of fused-ring (bicyclic) bond motifs is 1. The maximum absolute atomic E-state index is 13.1. The van der Waals surface area contributed by atoms with Crippen LogP contribution in [0.5, 0.6) is 0 Å². The molecule has 0 fully saturated rings. The molecule has 0 spiro atoms. The van der Waals surface area contributed by atoms with Crippen molar-refractivity contribution in [3.8, 4) is 0 Å². The van der Waals surface area contributed by atoms with Gasteiger partial charge in [-0.1, -0.05) is 0 Å². The molecule has 13 heavy (non-hydrogen) atoms. The van der Waals surface area contributed by atoms with Gasteiger partial charge >= 0.3 is 0 Å². The summed E-state index contributed by atoms with van der Waals surface area (Å²) in [6.45, 7) is 0. The number of hydrogen-bond donors (Lipinski definition) is 0. The van der Waals surface area contributed by atoms with Crippen molar-refractivity contribution in [2.24, 2.45) is 0 Å². The highest BCUT2D eigenvalue weighted by atomic mass is 79.9. The molecule has 0 N–H and O–H groups in total. The highest BCUT2D eigenvalue weighted by Crippen LogP contribution is 2.34. The van der Waals surface area contributed by atoms with E-state index in [0.29, 0.717) is 5.39 Å². The van der Waals surface area contributed by atoms with Crippen molar-refractivity contribution in [3.05, 3.63) is 27.8 Å². The maximum atomic E-state index is 13.1. The van der Waals surface area contributed by atoms with Crippen LogP contribution < -0.4 is 0 Å². The highest BCUT2D eigenvalue weighted by Gasteiger charge is 2.07. The smallest absolute Gasteiger partial charge is 0.141 e. The molecule has 0 bridgehead atoms. The van der Waals surface area contributed by atoms with E-state index >= 15 is 0 Å². The summed E-state index contributed by atoms with van der Waals surface area (Å²) in [7, 11) is 0. The molecule has 0 atom stereocenters. The molecule has 1 aromatic heterocycles. The van der Waals surface area contributed by atoms with Gasteiger partial charge in [-0.15, -0.1) is 23.1 Å². The molecule has 0 saturated heterocycles. The molecular formula is C9H6BrFS2. The van der Waals surface area contributed by atoms with Crippen molar-refractivity contribution in [3.63, 3.8) is 0 Å². The number of thioether (sulfide) groups is 1. The van der Waals surface area contributed by atoms with E-state index in [-0.39, 0.29) is 5.82 Å². The summed E-state index contributed by atoms with van der Waals surface area (Å²) in [5.41, 5.74) is 0. The number of halogens is 2. The summed E-state index contributed by atoms with van der Waals surface area (Å²) < 4.78 is 15.1. The van der Waals surface area contributed by atoms with Gasteiger partial charge in [0.1, 0.15) is 5.82 Å². The molecule has 0 amide bonds. The summed E-state index contributed by atoms with van der Waals surface area (Å²) >= 11 is 6.51. The molecule has 0 aliphatic carbocycles. The van der Waals surface area contributed by atoms with Crippen LogP contribution >= 0.6 is 39.0 Å². The predicted octanol–water partition coefficient (Wildman–Crippen LogP) is 4.52. The zero-order chi connectivity index (χ0) is 9.42. The van der Waals surface area contributed by atoms with Crippen LogP contribution in [-0.4, -0.2) is 6.26 Å². The normalized spacial score (nSPS) is 11.0. The van der Waals surface area contributed by atoms with Crippen LogP contribution in [0.25, 0.3) is 10.1 Å². The molecule has 0 aliphatic heterocycles. The van der Waals surface area contributed by atoms with Gasteiger partial charge in [0.2, 0.25) is 0 Å². The van der Waals surface area contributed by atoms with Crippen molar-refractivity contribution in [1.29, 1.82) is 0 Å². The van der Waals surface area contributed by atoms with Crippen molar-refractivity contribution in [2.45, 2.75) is 4.90 Å². The van der Waals surface area contributed by atoms with Crippen molar-refractivity contribution >= 4 is 49.1 Å².